The van der Waals surface area contributed by atoms with Gasteiger partial charge in [-0.1, -0.05) is 30.3 Å². The smallest absolute Gasteiger partial charge is 0.345 e. The van der Waals surface area contributed by atoms with Gasteiger partial charge < -0.3 is 25.5 Å². The van der Waals surface area contributed by atoms with Gasteiger partial charge in [0.25, 0.3) is 0 Å². The normalized spacial score (nSPS) is 11.7. The van der Waals surface area contributed by atoms with Crippen LogP contribution in [0.2, 0.25) is 0 Å². The summed E-state index contributed by atoms with van der Waals surface area (Å²) >= 11 is 0. The van der Waals surface area contributed by atoms with Crippen molar-refractivity contribution in [3.8, 4) is 5.75 Å². The first-order valence-corrected chi connectivity index (χ1v) is 11.2. The van der Waals surface area contributed by atoms with Crippen LogP contribution in [0, 0.1) is 0 Å². The molecule has 0 aliphatic rings. The molecule has 0 amide bonds. The van der Waals surface area contributed by atoms with Crippen LogP contribution in [0.3, 0.4) is 0 Å². The largest absolute Gasteiger partial charge is 0.462 e. The molecule has 0 bridgehead atoms. The van der Waals surface area contributed by atoms with Crippen molar-refractivity contribution in [3.63, 3.8) is 0 Å². The Kier molecular flexibility index (Phi) is 7.25. The van der Waals surface area contributed by atoms with Gasteiger partial charge in [0.05, 0.1) is 17.7 Å². The molecule has 0 saturated carbocycles. The number of hydrogen-bond acceptors (Lipinski definition) is 6. The van der Waals surface area contributed by atoms with Crippen LogP contribution in [0.5, 0.6) is 5.75 Å². The minimum absolute atomic E-state index is 0.0497. The van der Waals surface area contributed by atoms with Crippen molar-refractivity contribution >= 4 is 28.5 Å². The Bertz CT molecular complexity index is 1270. The van der Waals surface area contributed by atoms with Gasteiger partial charge in [0.2, 0.25) is 0 Å². The number of ether oxygens (including phenoxy) is 2. The predicted octanol–water partition coefficient (Wildman–Crippen LogP) is 4.55. The Balaban J connectivity index is 1.41. The van der Waals surface area contributed by atoms with E-state index in [0.29, 0.717) is 30.0 Å². The molecular formula is C27H27N3O4. The third kappa shape index (κ3) is 5.63. The molecular weight excluding hydrogens is 430 g/mol. The summed E-state index contributed by atoms with van der Waals surface area (Å²) < 4.78 is 10.5. The molecule has 4 N–H and O–H groups in total. The second-order valence-electron chi connectivity index (χ2n) is 7.93. The first-order valence-electron chi connectivity index (χ1n) is 11.2. The molecule has 7 heteroatoms. The van der Waals surface area contributed by atoms with Crippen LogP contribution >= 0.6 is 0 Å². The number of nitrogens with one attached hydrogen (secondary N) is 2. The lowest BCUT2D eigenvalue weighted by atomic mass is 10.1. The molecule has 7 nitrogen and oxygen atoms in total. The number of esters is 2. The number of hydrogen-bond donors (Lipinski definition) is 3. The van der Waals surface area contributed by atoms with Gasteiger partial charge in [-0.05, 0) is 61.4 Å². The quantitative estimate of drug-likeness (QED) is 0.252. The third-order valence-corrected chi connectivity index (χ3v) is 5.39. The molecule has 1 atom stereocenters. The first-order chi connectivity index (χ1) is 16.5. The molecule has 4 aromatic rings. The Morgan fingerprint density at radius 3 is 2.50 bits per heavy atom. The van der Waals surface area contributed by atoms with Crippen LogP contribution in [-0.2, 0) is 11.2 Å². The van der Waals surface area contributed by atoms with E-state index in [0.717, 1.165) is 23.0 Å². The summed E-state index contributed by atoms with van der Waals surface area (Å²) in [5, 5.41) is 4.10. The maximum Gasteiger partial charge on any atom is 0.345 e. The van der Waals surface area contributed by atoms with E-state index >= 15 is 0 Å². The summed E-state index contributed by atoms with van der Waals surface area (Å²) in [5.41, 5.74) is 9.98. The molecule has 174 valence electrons. The van der Waals surface area contributed by atoms with Gasteiger partial charge in [-0.25, -0.2) is 9.59 Å². The van der Waals surface area contributed by atoms with Gasteiger partial charge in [-0.15, -0.1) is 0 Å². The highest BCUT2D eigenvalue weighted by Crippen LogP contribution is 2.24. The summed E-state index contributed by atoms with van der Waals surface area (Å²) in [7, 11) is 0. The topological polar surface area (TPSA) is 106 Å². The van der Waals surface area contributed by atoms with Gasteiger partial charge in [0, 0.05) is 35.4 Å². The van der Waals surface area contributed by atoms with Crippen LogP contribution < -0.4 is 15.8 Å². The van der Waals surface area contributed by atoms with Crippen molar-refractivity contribution in [2.24, 2.45) is 5.73 Å². The van der Waals surface area contributed by atoms with Crippen LogP contribution in [0.4, 0.5) is 5.69 Å². The molecule has 3 aromatic carbocycles. The Labute approximate surface area is 197 Å². The Morgan fingerprint density at radius 2 is 1.76 bits per heavy atom. The van der Waals surface area contributed by atoms with E-state index in [9.17, 15) is 9.59 Å². The fourth-order valence-electron chi connectivity index (χ4n) is 3.67. The first kappa shape index (κ1) is 23.1. The summed E-state index contributed by atoms with van der Waals surface area (Å²) in [4.78, 5) is 27.7. The van der Waals surface area contributed by atoms with Crippen molar-refractivity contribution in [3.05, 3.63) is 95.7 Å². The SMILES string of the molecule is CCOC(=O)c1ccc(OC(=O)c2c[nH]c3ccc(NC[C@H](N)Cc4ccccc4)cc23)cc1. The minimum Gasteiger partial charge on any atom is -0.462 e. The summed E-state index contributed by atoms with van der Waals surface area (Å²) in [6, 6.07) is 22.1. The fraction of sp³-hybridized carbons (Fsp3) is 0.185. The number of fused-ring (bicyclic) bond motifs is 1. The van der Waals surface area contributed by atoms with E-state index in [1.807, 2.05) is 36.4 Å². The predicted molar refractivity (Wildman–Crippen MR) is 132 cm³/mol. The maximum atomic E-state index is 12.8. The van der Waals surface area contributed by atoms with Crippen molar-refractivity contribution < 1.29 is 19.1 Å². The molecule has 1 aromatic heterocycles. The van der Waals surface area contributed by atoms with E-state index in [1.165, 1.54) is 5.56 Å². The zero-order valence-corrected chi connectivity index (χ0v) is 18.9. The van der Waals surface area contributed by atoms with Crippen molar-refractivity contribution in [1.29, 1.82) is 0 Å². The second-order valence-corrected chi connectivity index (χ2v) is 7.93. The van der Waals surface area contributed by atoms with E-state index in [4.69, 9.17) is 15.2 Å². The average molecular weight is 458 g/mol. The highest BCUT2D eigenvalue weighted by molar-refractivity contribution is 6.05. The van der Waals surface area contributed by atoms with Crippen molar-refractivity contribution in [2.45, 2.75) is 19.4 Å². The minimum atomic E-state index is -0.493. The van der Waals surface area contributed by atoms with Crippen molar-refractivity contribution in [1.82, 2.24) is 4.98 Å². The van der Waals surface area contributed by atoms with E-state index in [1.54, 1.807) is 37.4 Å². The number of aromatic nitrogens is 1. The molecule has 0 aliphatic carbocycles. The number of aromatic amines is 1. The lowest BCUT2D eigenvalue weighted by molar-refractivity contribution is 0.0526. The number of nitrogens with two attached hydrogens (primary N) is 1. The summed E-state index contributed by atoms with van der Waals surface area (Å²) in [6.07, 6.45) is 2.40. The lowest BCUT2D eigenvalue weighted by Crippen LogP contribution is -2.31. The number of H-pyrrole nitrogens is 1. The van der Waals surface area contributed by atoms with Crippen molar-refractivity contribution in [2.75, 3.05) is 18.5 Å². The van der Waals surface area contributed by atoms with Gasteiger partial charge in [-0.2, -0.15) is 0 Å². The molecule has 0 unspecified atom stereocenters. The zero-order chi connectivity index (χ0) is 23.9. The Morgan fingerprint density at radius 1 is 1.00 bits per heavy atom. The maximum absolute atomic E-state index is 12.8. The zero-order valence-electron chi connectivity index (χ0n) is 18.9. The monoisotopic (exact) mass is 457 g/mol. The van der Waals surface area contributed by atoms with Crippen LogP contribution in [0.1, 0.15) is 33.2 Å². The third-order valence-electron chi connectivity index (χ3n) is 5.39. The van der Waals surface area contributed by atoms with Crippen LogP contribution in [-0.4, -0.2) is 36.1 Å². The van der Waals surface area contributed by atoms with E-state index in [2.05, 4.69) is 22.4 Å². The molecule has 0 fully saturated rings. The molecule has 0 radical (unpaired) electrons. The second kappa shape index (κ2) is 10.7. The summed E-state index contributed by atoms with van der Waals surface area (Å²) in [6.45, 7) is 2.64. The molecule has 1 heterocycles. The van der Waals surface area contributed by atoms with Crippen LogP contribution in [0.15, 0.2) is 79.0 Å². The number of carbonyl (C=O) groups excluding carboxylic acids is 2. The Hall–Kier alpha value is -4.10. The number of benzene rings is 3. The molecule has 0 saturated heterocycles. The van der Waals surface area contributed by atoms with Gasteiger partial charge in [0.15, 0.2) is 0 Å². The molecule has 4 rings (SSSR count). The highest BCUT2D eigenvalue weighted by Gasteiger charge is 2.16. The fourth-order valence-corrected chi connectivity index (χ4v) is 3.67. The molecule has 34 heavy (non-hydrogen) atoms. The molecule has 0 spiro atoms. The van der Waals surface area contributed by atoms with E-state index in [-0.39, 0.29) is 6.04 Å². The number of carbonyl (C=O) groups is 2. The lowest BCUT2D eigenvalue weighted by Gasteiger charge is -2.14. The van der Waals surface area contributed by atoms with Gasteiger partial charge >= 0.3 is 11.9 Å². The summed E-state index contributed by atoms with van der Waals surface area (Å²) in [5.74, 6) is -0.567. The van der Waals surface area contributed by atoms with Gasteiger partial charge in [-0.3, -0.25) is 0 Å². The standard InChI is InChI=1S/C27H27N3O4/c1-2-33-26(31)19-8-11-22(12-9-19)34-27(32)24-17-30-25-13-10-21(15-23(24)25)29-16-20(28)14-18-6-4-3-5-7-18/h3-13,15,17,20,29-30H,2,14,16,28H2,1H3/t20-/m1/s1. The highest BCUT2D eigenvalue weighted by atomic mass is 16.5. The number of rotatable bonds is 9. The van der Waals surface area contributed by atoms with Gasteiger partial charge in [0.1, 0.15) is 5.75 Å². The van der Waals surface area contributed by atoms with E-state index < -0.39 is 11.9 Å². The van der Waals surface area contributed by atoms with Crippen LogP contribution in [0.25, 0.3) is 10.9 Å². The molecule has 0 aliphatic heterocycles. The number of anilines is 1. The average Bonchev–Trinajstić information content (AvgIpc) is 3.27.